The average Bonchev–Trinajstić information content (AvgIpc) is 2.89. The monoisotopic (exact) mass is 332 g/mol. The first kappa shape index (κ1) is 37.8. The molecule has 0 fully saturated rings. The molecule has 1 aromatic heterocycles. The van der Waals surface area contributed by atoms with Crippen molar-refractivity contribution in [2.24, 2.45) is 0 Å². The van der Waals surface area contributed by atoms with Gasteiger partial charge < -0.3 is 0 Å². The van der Waals surface area contributed by atoms with Gasteiger partial charge in [-0.3, -0.25) is 9.36 Å². The van der Waals surface area contributed by atoms with E-state index < -0.39 is 0 Å². The number of aryl methyl sites for hydroxylation is 2. The summed E-state index contributed by atoms with van der Waals surface area (Å²) in [5.74, 6) is 0.951. The standard InChI is InChI=1S/C9H12N2O.4C2H6.3CH4/c1-6-5-9(12)11-7(2)3-4-8(11)10-6;4*1-2;;;/h5,7H,3-4H2,1-2H3;4*1-2H3;3*1H4/t7-;;;;;;;/m1......./s1. The van der Waals surface area contributed by atoms with Gasteiger partial charge in [0.25, 0.3) is 5.56 Å². The number of rotatable bonds is 0. The molecule has 0 radical (unpaired) electrons. The number of fused-ring (bicyclic) bond motifs is 1. The molecule has 1 atom stereocenters. The second-order valence-corrected chi connectivity index (χ2v) is 3.41. The summed E-state index contributed by atoms with van der Waals surface area (Å²) in [5, 5.41) is 0. The van der Waals surface area contributed by atoms with Gasteiger partial charge in [0.2, 0.25) is 0 Å². The fourth-order valence-corrected chi connectivity index (χ4v) is 1.78. The maximum Gasteiger partial charge on any atom is 0.253 e. The first-order valence-corrected chi connectivity index (χ1v) is 8.27. The van der Waals surface area contributed by atoms with Gasteiger partial charge in [-0.2, -0.15) is 0 Å². The highest BCUT2D eigenvalue weighted by atomic mass is 16.1. The van der Waals surface area contributed by atoms with E-state index in [9.17, 15) is 4.79 Å². The van der Waals surface area contributed by atoms with Crippen LogP contribution < -0.4 is 5.56 Å². The van der Waals surface area contributed by atoms with Crippen LogP contribution in [0.1, 0.15) is 109 Å². The van der Waals surface area contributed by atoms with Crippen LogP contribution in [0.25, 0.3) is 0 Å². The lowest BCUT2D eigenvalue weighted by molar-refractivity contribution is 0.558. The van der Waals surface area contributed by atoms with E-state index >= 15 is 0 Å². The van der Waals surface area contributed by atoms with Crippen LogP contribution in [-0.2, 0) is 6.42 Å². The van der Waals surface area contributed by atoms with Gasteiger partial charge in [0.05, 0.1) is 0 Å². The average molecular weight is 333 g/mol. The van der Waals surface area contributed by atoms with Gasteiger partial charge in [-0.25, -0.2) is 4.98 Å². The minimum atomic E-state index is 0. The van der Waals surface area contributed by atoms with Gasteiger partial charge in [0.1, 0.15) is 5.82 Å². The number of hydrogen-bond donors (Lipinski definition) is 0. The van der Waals surface area contributed by atoms with E-state index in [0.29, 0.717) is 6.04 Å². The molecule has 0 unspecified atom stereocenters. The maximum absolute atomic E-state index is 11.5. The fraction of sp³-hybridized carbons (Fsp3) is 0.800. The van der Waals surface area contributed by atoms with Gasteiger partial charge in [-0.1, -0.05) is 77.7 Å². The minimum Gasteiger partial charge on any atom is -0.294 e. The lowest BCUT2D eigenvalue weighted by Crippen LogP contribution is -2.22. The van der Waals surface area contributed by atoms with E-state index in [-0.39, 0.29) is 27.8 Å². The minimum absolute atomic E-state index is 0. The summed E-state index contributed by atoms with van der Waals surface area (Å²) in [5.41, 5.74) is 0.933. The van der Waals surface area contributed by atoms with E-state index in [2.05, 4.69) is 11.9 Å². The number of nitrogens with zero attached hydrogens (tertiary/aromatic N) is 2. The molecule has 2 rings (SSSR count). The molecule has 0 saturated heterocycles. The summed E-state index contributed by atoms with van der Waals surface area (Å²) in [6.07, 6.45) is 1.99. The lowest BCUT2D eigenvalue weighted by Gasteiger charge is -2.07. The summed E-state index contributed by atoms with van der Waals surface area (Å²) in [6.45, 7) is 19.9. The zero-order valence-electron chi connectivity index (χ0n) is 15.4. The summed E-state index contributed by atoms with van der Waals surface area (Å²) >= 11 is 0. The Morgan fingerprint density at radius 2 is 1.35 bits per heavy atom. The van der Waals surface area contributed by atoms with Crippen LogP contribution >= 0.6 is 0 Å². The quantitative estimate of drug-likeness (QED) is 0.509. The highest BCUT2D eigenvalue weighted by molar-refractivity contribution is 5.07. The van der Waals surface area contributed by atoms with Crippen molar-refractivity contribution in [1.29, 1.82) is 0 Å². The number of hydrogen-bond acceptors (Lipinski definition) is 2. The molecule has 2 heterocycles. The van der Waals surface area contributed by atoms with Crippen molar-refractivity contribution < 1.29 is 0 Å². The van der Waals surface area contributed by atoms with E-state index in [0.717, 1.165) is 24.4 Å². The Bertz CT molecular complexity index is 370. The molecule has 0 aliphatic carbocycles. The van der Waals surface area contributed by atoms with E-state index in [1.54, 1.807) is 10.6 Å². The van der Waals surface area contributed by atoms with Crippen LogP contribution in [0.3, 0.4) is 0 Å². The van der Waals surface area contributed by atoms with Crippen molar-refractivity contribution in [3.8, 4) is 0 Å². The SMILES string of the molecule is C.C.C.CC.CC.CC.CC.Cc1cc(=O)n2c(n1)CC[C@H]2C. The molecule has 0 bridgehead atoms. The van der Waals surface area contributed by atoms with Crippen molar-refractivity contribution in [1.82, 2.24) is 9.55 Å². The Labute approximate surface area is 148 Å². The van der Waals surface area contributed by atoms with Crippen LogP contribution in [0.5, 0.6) is 0 Å². The Kier molecular flexibility index (Phi) is 42.5. The molecule has 0 N–H and O–H groups in total. The highest BCUT2D eigenvalue weighted by Crippen LogP contribution is 2.20. The van der Waals surface area contributed by atoms with Crippen LogP contribution in [0.4, 0.5) is 0 Å². The Hall–Kier alpha value is -1.12. The molecular weight excluding hydrogens is 284 g/mol. The van der Waals surface area contributed by atoms with Gasteiger partial charge in [0, 0.05) is 24.2 Å². The molecule has 3 heteroatoms. The largest absolute Gasteiger partial charge is 0.294 e. The zero-order valence-corrected chi connectivity index (χ0v) is 15.4. The van der Waals surface area contributed by atoms with Crippen LogP contribution in [0.2, 0.25) is 0 Å². The second kappa shape index (κ2) is 25.8. The summed E-state index contributed by atoms with van der Waals surface area (Å²) in [7, 11) is 0. The molecule has 0 aromatic carbocycles. The predicted molar refractivity (Wildman–Crippen MR) is 112 cm³/mol. The topological polar surface area (TPSA) is 34.9 Å². The molecule has 0 amide bonds. The molecular formula is C20H48N2O. The Morgan fingerprint density at radius 1 is 0.957 bits per heavy atom. The van der Waals surface area contributed by atoms with E-state index in [1.807, 2.05) is 62.3 Å². The van der Waals surface area contributed by atoms with E-state index in [1.165, 1.54) is 0 Å². The summed E-state index contributed by atoms with van der Waals surface area (Å²) in [4.78, 5) is 15.8. The third kappa shape index (κ3) is 13.1. The highest BCUT2D eigenvalue weighted by Gasteiger charge is 2.19. The molecule has 1 aliphatic rings. The van der Waals surface area contributed by atoms with Gasteiger partial charge >= 0.3 is 0 Å². The smallest absolute Gasteiger partial charge is 0.253 e. The molecule has 1 aromatic rings. The number of aromatic nitrogens is 2. The van der Waals surface area contributed by atoms with Crippen LogP contribution in [0.15, 0.2) is 10.9 Å². The fourth-order valence-electron chi connectivity index (χ4n) is 1.78. The maximum atomic E-state index is 11.5. The zero-order chi connectivity index (χ0) is 16.7. The molecule has 23 heavy (non-hydrogen) atoms. The second-order valence-electron chi connectivity index (χ2n) is 3.41. The van der Waals surface area contributed by atoms with Gasteiger partial charge in [-0.05, 0) is 20.3 Å². The molecule has 0 spiro atoms. The van der Waals surface area contributed by atoms with Gasteiger partial charge in [-0.15, -0.1) is 0 Å². The van der Waals surface area contributed by atoms with Crippen LogP contribution in [0, 0.1) is 6.92 Å². The third-order valence-electron chi connectivity index (χ3n) is 2.38. The third-order valence-corrected chi connectivity index (χ3v) is 2.38. The molecule has 144 valence electrons. The van der Waals surface area contributed by atoms with Gasteiger partial charge in [0.15, 0.2) is 0 Å². The molecule has 3 nitrogen and oxygen atoms in total. The van der Waals surface area contributed by atoms with Crippen molar-refractivity contribution in [2.75, 3.05) is 0 Å². The van der Waals surface area contributed by atoms with E-state index in [4.69, 9.17) is 0 Å². The summed E-state index contributed by atoms with van der Waals surface area (Å²) < 4.78 is 1.80. The first-order valence-electron chi connectivity index (χ1n) is 8.27. The Balaban J connectivity index is -0.0000000583. The van der Waals surface area contributed by atoms with Crippen molar-refractivity contribution in [2.45, 2.75) is 110 Å². The molecule has 1 aliphatic heterocycles. The van der Waals surface area contributed by atoms with Crippen molar-refractivity contribution in [3.05, 3.63) is 27.9 Å². The molecule has 0 saturated carbocycles. The van der Waals surface area contributed by atoms with Crippen molar-refractivity contribution >= 4 is 0 Å². The lowest BCUT2D eigenvalue weighted by atomic mass is 10.2. The normalized spacial score (nSPS) is 12.0. The van der Waals surface area contributed by atoms with Crippen molar-refractivity contribution in [3.63, 3.8) is 0 Å². The summed E-state index contributed by atoms with van der Waals surface area (Å²) in [6, 6.07) is 1.94. The predicted octanol–water partition coefficient (Wildman–Crippen LogP) is 7.07. The van der Waals surface area contributed by atoms with Crippen LogP contribution in [-0.4, -0.2) is 9.55 Å². The first-order chi connectivity index (χ1) is 9.68. The Morgan fingerprint density at radius 3 is 1.74 bits per heavy atom.